The molecule has 1 aliphatic heterocycles. The number of aromatic nitrogens is 4. The van der Waals surface area contributed by atoms with Crippen LogP contribution in [0.15, 0.2) is 52.1 Å². The zero-order valence-electron chi connectivity index (χ0n) is 20.8. The van der Waals surface area contributed by atoms with Crippen LogP contribution in [0.5, 0.6) is 0 Å². The Morgan fingerprint density at radius 1 is 1.21 bits per heavy atom. The van der Waals surface area contributed by atoms with Gasteiger partial charge in [0.05, 0.1) is 29.9 Å². The van der Waals surface area contributed by atoms with E-state index in [9.17, 15) is 18.8 Å². The predicted octanol–water partition coefficient (Wildman–Crippen LogP) is 2.64. The number of amides is 4. The molecule has 0 fully saturated rings. The molecule has 0 bridgehead atoms. The number of H-pyrrole nitrogens is 1. The average molecular weight is 535 g/mol. The summed E-state index contributed by atoms with van der Waals surface area (Å²) in [6, 6.07) is 7.47. The SMILES string of the molecule is COCc1noc(CNC(=O)c2cc([C@@H]3NC(=O)N=C(C)[C@H]3C(=O)Nc3ccc4[nH]ncc4c3)ccc2F)n1. The number of fused-ring (bicyclic) bond motifs is 1. The first-order valence-corrected chi connectivity index (χ1v) is 11.8. The van der Waals surface area contributed by atoms with Gasteiger partial charge in [-0.05, 0) is 42.8 Å². The third-order valence-electron chi connectivity index (χ3n) is 6.11. The fraction of sp³-hybridized carbons (Fsp3) is 0.240. The number of ether oxygens (including phenoxy) is 1. The molecule has 0 radical (unpaired) electrons. The van der Waals surface area contributed by atoms with Crippen LogP contribution in [0.2, 0.25) is 0 Å². The lowest BCUT2D eigenvalue weighted by Gasteiger charge is -2.30. The molecule has 0 unspecified atom stereocenters. The van der Waals surface area contributed by atoms with Gasteiger partial charge in [-0.3, -0.25) is 14.7 Å². The van der Waals surface area contributed by atoms with Gasteiger partial charge < -0.3 is 25.2 Å². The van der Waals surface area contributed by atoms with Gasteiger partial charge in [-0.25, -0.2) is 14.2 Å². The smallest absolute Gasteiger partial charge is 0.341 e. The number of aromatic amines is 1. The first-order chi connectivity index (χ1) is 18.8. The molecule has 0 aliphatic carbocycles. The number of hydrogen-bond acceptors (Lipinski definition) is 8. The lowest BCUT2D eigenvalue weighted by Crippen LogP contribution is -2.45. The standard InChI is InChI=1S/C25H23FN8O5/c1-12-21(24(36)30-15-4-6-18-14(7-15)9-28-33-18)22(32-25(37)29-12)13-3-5-17(26)16(8-13)23(35)27-10-20-31-19(11-38-2)34-39-20/h3-9,21-22H,10-11H2,1-2H3,(H,27,35)(H,28,33)(H,30,36)(H,32,37)/t21-,22+/m1/s1. The third-order valence-corrected chi connectivity index (χ3v) is 6.11. The van der Waals surface area contributed by atoms with Crippen LogP contribution in [-0.2, 0) is 22.7 Å². The Morgan fingerprint density at radius 2 is 2.05 bits per heavy atom. The number of benzene rings is 2. The maximum Gasteiger partial charge on any atom is 0.341 e. The molecular weight excluding hydrogens is 511 g/mol. The summed E-state index contributed by atoms with van der Waals surface area (Å²) in [5.74, 6) is -2.49. The summed E-state index contributed by atoms with van der Waals surface area (Å²) in [7, 11) is 1.48. The number of aliphatic imine (C=N–C) groups is 1. The number of nitrogens with zero attached hydrogens (tertiary/aromatic N) is 4. The molecule has 0 spiro atoms. The lowest BCUT2D eigenvalue weighted by molar-refractivity contribution is -0.118. The second-order valence-electron chi connectivity index (χ2n) is 8.78. The molecule has 2 aromatic heterocycles. The molecule has 2 atom stereocenters. The van der Waals surface area contributed by atoms with Crippen LogP contribution < -0.4 is 16.0 Å². The van der Waals surface area contributed by atoms with Crippen LogP contribution >= 0.6 is 0 Å². The van der Waals surface area contributed by atoms with Gasteiger partial charge >= 0.3 is 6.03 Å². The Balaban J connectivity index is 1.36. The van der Waals surface area contributed by atoms with E-state index >= 15 is 0 Å². The number of urea groups is 1. The summed E-state index contributed by atoms with van der Waals surface area (Å²) < 4.78 is 24.6. The second-order valence-corrected chi connectivity index (χ2v) is 8.78. The number of hydrogen-bond donors (Lipinski definition) is 4. The zero-order valence-corrected chi connectivity index (χ0v) is 20.8. The van der Waals surface area contributed by atoms with E-state index in [0.717, 1.165) is 17.0 Å². The highest BCUT2D eigenvalue weighted by Gasteiger charge is 2.37. The van der Waals surface area contributed by atoms with Crippen LogP contribution in [0, 0.1) is 11.7 Å². The van der Waals surface area contributed by atoms with Gasteiger partial charge in [0.1, 0.15) is 18.3 Å². The molecule has 1 aliphatic rings. The maximum atomic E-state index is 14.7. The highest BCUT2D eigenvalue weighted by Crippen LogP contribution is 2.30. The summed E-state index contributed by atoms with van der Waals surface area (Å²) in [4.78, 5) is 46.4. The Morgan fingerprint density at radius 3 is 2.87 bits per heavy atom. The summed E-state index contributed by atoms with van der Waals surface area (Å²) in [6.45, 7) is 1.56. The Kier molecular flexibility index (Phi) is 7.10. The first kappa shape index (κ1) is 25.7. The van der Waals surface area contributed by atoms with Gasteiger partial charge in [-0.2, -0.15) is 10.1 Å². The van der Waals surface area contributed by atoms with Crippen molar-refractivity contribution in [2.75, 3.05) is 12.4 Å². The van der Waals surface area contributed by atoms with E-state index in [2.05, 4.69) is 41.3 Å². The van der Waals surface area contributed by atoms with Gasteiger partial charge in [0.2, 0.25) is 11.8 Å². The van der Waals surface area contributed by atoms with Crippen molar-refractivity contribution in [3.05, 3.63) is 71.3 Å². The minimum Gasteiger partial charge on any atom is -0.377 e. The fourth-order valence-electron chi connectivity index (χ4n) is 4.29. The van der Waals surface area contributed by atoms with E-state index in [1.807, 2.05) is 0 Å². The third kappa shape index (κ3) is 5.50. The first-order valence-electron chi connectivity index (χ1n) is 11.8. The van der Waals surface area contributed by atoms with Crippen molar-refractivity contribution < 1.29 is 28.0 Å². The van der Waals surface area contributed by atoms with Crippen molar-refractivity contribution >= 4 is 40.1 Å². The average Bonchev–Trinajstić information content (AvgIpc) is 3.56. The molecule has 14 heteroatoms. The van der Waals surface area contributed by atoms with E-state index < -0.39 is 35.6 Å². The maximum absolute atomic E-state index is 14.7. The van der Waals surface area contributed by atoms with Crippen molar-refractivity contribution in [1.29, 1.82) is 0 Å². The van der Waals surface area contributed by atoms with E-state index in [-0.39, 0.29) is 30.3 Å². The predicted molar refractivity (Wildman–Crippen MR) is 135 cm³/mol. The van der Waals surface area contributed by atoms with Crippen molar-refractivity contribution in [2.45, 2.75) is 26.1 Å². The molecule has 5 rings (SSSR count). The van der Waals surface area contributed by atoms with E-state index in [1.54, 1.807) is 31.3 Å². The number of methoxy groups -OCH3 is 1. The topological polar surface area (TPSA) is 176 Å². The normalized spacial score (nSPS) is 17.0. The van der Waals surface area contributed by atoms with E-state index in [0.29, 0.717) is 17.1 Å². The molecule has 13 nitrogen and oxygen atoms in total. The number of carbonyl (C=O) groups is 3. The molecule has 2 aromatic carbocycles. The largest absolute Gasteiger partial charge is 0.377 e. The summed E-state index contributed by atoms with van der Waals surface area (Å²) in [5, 5.41) is 19.3. The Bertz CT molecular complexity index is 1600. The fourth-order valence-corrected chi connectivity index (χ4v) is 4.29. The molecule has 3 heterocycles. The molecule has 0 saturated heterocycles. The number of anilines is 1. The molecule has 39 heavy (non-hydrogen) atoms. The summed E-state index contributed by atoms with van der Waals surface area (Å²) in [5.41, 5.74) is 1.65. The quantitative estimate of drug-likeness (QED) is 0.267. The minimum atomic E-state index is -0.929. The highest BCUT2D eigenvalue weighted by molar-refractivity contribution is 6.13. The van der Waals surface area contributed by atoms with Crippen LogP contribution in [0.1, 0.15) is 40.6 Å². The molecule has 0 saturated carbocycles. The Labute approximate surface area is 220 Å². The van der Waals surface area contributed by atoms with Crippen molar-refractivity contribution in [1.82, 2.24) is 31.0 Å². The number of halogens is 1. The Hall–Kier alpha value is -4.98. The van der Waals surface area contributed by atoms with Crippen LogP contribution in [0.3, 0.4) is 0 Å². The van der Waals surface area contributed by atoms with Gasteiger partial charge in [0, 0.05) is 23.9 Å². The molecule has 4 N–H and O–H groups in total. The number of rotatable bonds is 8. The molecule has 200 valence electrons. The van der Waals surface area contributed by atoms with Crippen LogP contribution in [0.4, 0.5) is 14.9 Å². The van der Waals surface area contributed by atoms with Gasteiger partial charge in [-0.1, -0.05) is 11.2 Å². The van der Waals surface area contributed by atoms with Gasteiger partial charge in [0.15, 0.2) is 5.82 Å². The summed E-state index contributed by atoms with van der Waals surface area (Å²) in [6.07, 6.45) is 1.63. The number of nitrogens with one attached hydrogen (secondary N) is 4. The van der Waals surface area contributed by atoms with Crippen molar-refractivity contribution in [3.63, 3.8) is 0 Å². The van der Waals surface area contributed by atoms with Crippen molar-refractivity contribution in [2.24, 2.45) is 10.9 Å². The van der Waals surface area contributed by atoms with E-state index in [4.69, 9.17) is 9.26 Å². The monoisotopic (exact) mass is 534 g/mol. The number of carbonyl (C=O) groups excluding carboxylic acids is 3. The molecular formula is C25H23FN8O5. The highest BCUT2D eigenvalue weighted by atomic mass is 19.1. The van der Waals surface area contributed by atoms with Crippen molar-refractivity contribution in [3.8, 4) is 0 Å². The lowest BCUT2D eigenvalue weighted by atomic mass is 9.86. The second kappa shape index (κ2) is 10.8. The minimum absolute atomic E-state index is 0.115. The van der Waals surface area contributed by atoms with Gasteiger partial charge in [-0.15, -0.1) is 0 Å². The van der Waals surface area contributed by atoms with Crippen LogP contribution in [0.25, 0.3) is 10.9 Å². The van der Waals surface area contributed by atoms with Gasteiger partial charge in [0.25, 0.3) is 5.91 Å². The molecule has 4 aromatic rings. The van der Waals surface area contributed by atoms with Crippen LogP contribution in [-0.4, -0.2) is 51.0 Å². The van der Waals surface area contributed by atoms with E-state index in [1.165, 1.54) is 19.2 Å². The molecule has 4 amide bonds. The zero-order chi connectivity index (χ0) is 27.5. The summed E-state index contributed by atoms with van der Waals surface area (Å²) >= 11 is 0.